The van der Waals surface area contributed by atoms with Crippen LogP contribution in [0.3, 0.4) is 0 Å². The Kier molecular flexibility index (Phi) is 3.35. The molecular weight excluding hydrogens is 173 g/mol. The van der Waals surface area contributed by atoms with E-state index < -0.39 is 7.32 Å². The zero-order valence-electron chi connectivity index (χ0n) is 7.60. The molecule has 1 rings (SSSR count). The Morgan fingerprint density at radius 3 is 2.69 bits per heavy atom. The fourth-order valence-electron chi connectivity index (χ4n) is 0.922. The first-order valence-corrected chi connectivity index (χ1v) is 3.84. The third-order valence-electron chi connectivity index (χ3n) is 1.33. The third-order valence-corrected chi connectivity index (χ3v) is 1.33. The van der Waals surface area contributed by atoms with Crippen molar-refractivity contribution in [2.45, 2.75) is 6.54 Å². The van der Waals surface area contributed by atoms with Crippen molar-refractivity contribution in [3.05, 3.63) is 17.9 Å². The minimum atomic E-state index is -1.83. The second-order valence-electron chi connectivity index (χ2n) is 2.90. The maximum Gasteiger partial charge on any atom is 0.709 e. The highest BCUT2D eigenvalue weighted by molar-refractivity contribution is 6.33. The van der Waals surface area contributed by atoms with Gasteiger partial charge in [0.2, 0.25) is 0 Å². The van der Waals surface area contributed by atoms with Crippen LogP contribution < -0.4 is 4.65 Å². The van der Waals surface area contributed by atoms with Gasteiger partial charge in [0.25, 0.3) is 5.95 Å². The molecule has 0 saturated heterocycles. The summed E-state index contributed by atoms with van der Waals surface area (Å²) in [5, 5.41) is 16.9. The first kappa shape index (κ1) is 10.1. The van der Waals surface area contributed by atoms with Crippen molar-refractivity contribution in [3.8, 4) is 5.95 Å². The van der Waals surface area contributed by atoms with Gasteiger partial charge in [-0.3, -0.25) is 0 Å². The number of hydrogen-bond acceptors (Lipinski definition) is 5. The van der Waals surface area contributed by atoms with Gasteiger partial charge in [-0.2, -0.15) is 0 Å². The van der Waals surface area contributed by atoms with E-state index in [1.54, 1.807) is 6.07 Å². The minimum absolute atomic E-state index is 0.104. The molecule has 0 bridgehead atoms. The van der Waals surface area contributed by atoms with Crippen LogP contribution >= 0.6 is 0 Å². The Bertz CT molecular complexity index is 236. The van der Waals surface area contributed by atoms with Crippen LogP contribution in [0.5, 0.6) is 5.95 Å². The van der Waals surface area contributed by atoms with E-state index in [1.165, 1.54) is 6.07 Å². The molecule has 72 valence electrons. The first-order chi connectivity index (χ1) is 6.08. The average Bonchev–Trinajstić information content (AvgIpc) is 2.33. The summed E-state index contributed by atoms with van der Waals surface area (Å²) in [6.45, 7) is 0.644. The molecule has 0 aromatic carbocycles. The normalized spacial score (nSPS) is 10.5. The highest BCUT2D eigenvalue weighted by Crippen LogP contribution is 2.16. The molecule has 0 aliphatic carbocycles. The Morgan fingerprint density at radius 2 is 2.15 bits per heavy atom. The van der Waals surface area contributed by atoms with Crippen LogP contribution in [0.2, 0.25) is 0 Å². The predicted octanol–water partition coefficient (Wildman–Crippen LogP) is -0.310. The molecule has 5 nitrogen and oxygen atoms in total. The molecule has 0 unspecified atom stereocenters. The monoisotopic (exact) mass is 185 g/mol. The molecule has 1 aromatic heterocycles. The van der Waals surface area contributed by atoms with E-state index >= 15 is 0 Å². The van der Waals surface area contributed by atoms with Crippen LogP contribution in [-0.4, -0.2) is 36.4 Å². The van der Waals surface area contributed by atoms with E-state index in [9.17, 15) is 0 Å². The standard InChI is InChI=1S/C7H12BNO4/c1-9(2)5-6-3-4-7(12-6)13-8(10)11/h3-4,10-11H,5H2,1-2H3. The van der Waals surface area contributed by atoms with Crippen LogP contribution in [0.15, 0.2) is 16.5 Å². The second-order valence-corrected chi connectivity index (χ2v) is 2.90. The maximum absolute atomic E-state index is 8.46. The van der Waals surface area contributed by atoms with E-state index in [1.807, 2.05) is 19.0 Å². The van der Waals surface area contributed by atoms with E-state index in [4.69, 9.17) is 14.5 Å². The molecule has 0 aliphatic heterocycles. The van der Waals surface area contributed by atoms with E-state index in [-0.39, 0.29) is 5.95 Å². The minimum Gasteiger partial charge on any atom is -0.485 e. The van der Waals surface area contributed by atoms with Gasteiger partial charge in [-0.1, -0.05) is 0 Å². The fourth-order valence-corrected chi connectivity index (χ4v) is 0.922. The quantitative estimate of drug-likeness (QED) is 0.629. The molecular formula is C7H12BNO4. The van der Waals surface area contributed by atoms with Gasteiger partial charge in [-0.25, -0.2) is 0 Å². The van der Waals surface area contributed by atoms with Crippen molar-refractivity contribution in [1.29, 1.82) is 0 Å². The summed E-state index contributed by atoms with van der Waals surface area (Å²) in [4.78, 5) is 1.93. The van der Waals surface area contributed by atoms with Gasteiger partial charge in [-0.15, -0.1) is 0 Å². The summed E-state index contributed by atoms with van der Waals surface area (Å²) in [5.41, 5.74) is 0. The zero-order chi connectivity index (χ0) is 9.84. The van der Waals surface area contributed by atoms with Crippen molar-refractivity contribution in [2.24, 2.45) is 0 Å². The van der Waals surface area contributed by atoms with E-state index in [2.05, 4.69) is 4.65 Å². The number of furan rings is 1. The van der Waals surface area contributed by atoms with Crippen molar-refractivity contribution in [2.75, 3.05) is 14.1 Å². The lowest BCUT2D eigenvalue weighted by molar-refractivity contribution is 0.242. The summed E-state index contributed by atoms with van der Waals surface area (Å²) < 4.78 is 9.62. The molecule has 0 amide bonds. The lowest BCUT2D eigenvalue weighted by atomic mass is 10.3. The summed E-state index contributed by atoms with van der Waals surface area (Å²) in [7, 11) is 1.98. The lowest BCUT2D eigenvalue weighted by Crippen LogP contribution is -2.20. The van der Waals surface area contributed by atoms with E-state index in [0.29, 0.717) is 12.3 Å². The van der Waals surface area contributed by atoms with Crippen LogP contribution in [0.25, 0.3) is 0 Å². The van der Waals surface area contributed by atoms with Crippen molar-refractivity contribution >= 4 is 7.32 Å². The SMILES string of the molecule is CN(C)Cc1ccc(OB(O)O)o1. The molecule has 0 atom stereocenters. The molecule has 0 saturated carbocycles. The smallest absolute Gasteiger partial charge is 0.485 e. The van der Waals surface area contributed by atoms with Crippen molar-refractivity contribution < 1.29 is 19.1 Å². The molecule has 1 aromatic rings. The number of nitrogens with zero attached hydrogens (tertiary/aromatic N) is 1. The van der Waals surface area contributed by atoms with Crippen LogP contribution in [0.4, 0.5) is 0 Å². The van der Waals surface area contributed by atoms with Crippen LogP contribution in [-0.2, 0) is 6.54 Å². The predicted molar refractivity (Wildman–Crippen MR) is 46.9 cm³/mol. The summed E-state index contributed by atoms with van der Waals surface area (Å²) >= 11 is 0. The molecule has 1 heterocycles. The molecule has 0 radical (unpaired) electrons. The van der Waals surface area contributed by atoms with Gasteiger partial charge in [0.05, 0.1) is 6.54 Å². The summed E-state index contributed by atoms with van der Waals surface area (Å²) in [6.07, 6.45) is 0. The largest absolute Gasteiger partial charge is 0.709 e. The Labute approximate surface area is 76.7 Å². The average molecular weight is 185 g/mol. The van der Waals surface area contributed by atoms with Gasteiger partial charge >= 0.3 is 7.32 Å². The van der Waals surface area contributed by atoms with Crippen LogP contribution in [0, 0.1) is 0 Å². The fraction of sp³-hybridized carbons (Fsp3) is 0.429. The maximum atomic E-state index is 8.46. The lowest BCUT2D eigenvalue weighted by Gasteiger charge is -2.05. The molecule has 0 aliphatic rings. The van der Waals surface area contributed by atoms with Gasteiger partial charge < -0.3 is 24.0 Å². The van der Waals surface area contributed by atoms with Gasteiger partial charge in [0.1, 0.15) is 5.76 Å². The van der Waals surface area contributed by atoms with Gasteiger partial charge in [-0.05, 0) is 20.2 Å². The highest BCUT2D eigenvalue weighted by Gasteiger charge is 2.13. The number of rotatable bonds is 4. The molecule has 13 heavy (non-hydrogen) atoms. The Hall–Kier alpha value is -0.975. The van der Waals surface area contributed by atoms with Crippen LogP contribution in [0.1, 0.15) is 5.76 Å². The zero-order valence-corrected chi connectivity index (χ0v) is 7.60. The molecule has 2 N–H and O–H groups in total. The topological polar surface area (TPSA) is 66.1 Å². The molecule has 0 fully saturated rings. The van der Waals surface area contributed by atoms with Gasteiger partial charge in [0.15, 0.2) is 0 Å². The van der Waals surface area contributed by atoms with Crippen molar-refractivity contribution in [1.82, 2.24) is 4.90 Å². The Morgan fingerprint density at radius 1 is 1.46 bits per heavy atom. The molecule has 6 heteroatoms. The first-order valence-electron chi connectivity index (χ1n) is 3.84. The molecule has 0 spiro atoms. The summed E-state index contributed by atoms with van der Waals surface area (Å²) in [6, 6.07) is 3.26. The highest BCUT2D eigenvalue weighted by atomic mass is 16.7. The third kappa shape index (κ3) is 3.50. The van der Waals surface area contributed by atoms with Gasteiger partial charge in [0, 0.05) is 6.07 Å². The summed E-state index contributed by atoms with van der Waals surface area (Å²) in [5.74, 6) is 0.813. The van der Waals surface area contributed by atoms with E-state index in [0.717, 1.165) is 0 Å². The Balaban J connectivity index is 2.53. The second kappa shape index (κ2) is 4.31. The van der Waals surface area contributed by atoms with Crippen molar-refractivity contribution in [3.63, 3.8) is 0 Å². The number of hydrogen-bond donors (Lipinski definition) is 2.